The summed E-state index contributed by atoms with van der Waals surface area (Å²) in [5.74, 6) is -0.197. The molecule has 4 atom stereocenters. The van der Waals surface area contributed by atoms with E-state index in [-0.39, 0.29) is 29.9 Å². The summed E-state index contributed by atoms with van der Waals surface area (Å²) in [6.45, 7) is 1.90. The first-order chi connectivity index (χ1) is 16.5. The first-order valence-corrected chi connectivity index (χ1v) is 12.1. The van der Waals surface area contributed by atoms with Crippen LogP contribution < -0.4 is 11.1 Å². The van der Waals surface area contributed by atoms with Gasteiger partial charge in [-0.1, -0.05) is 66.7 Å². The molecule has 3 aromatic rings. The van der Waals surface area contributed by atoms with Gasteiger partial charge in [0, 0.05) is 11.6 Å². The van der Waals surface area contributed by atoms with Gasteiger partial charge < -0.3 is 16.0 Å². The van der Waals surface area contributed by atoms with E-state index in [1.807, 2.05) is 73.7 Å². The van der Waals surface area contributed by atoms with Crippen molar-refractivity contribution in [2.24, 2.45) is 5.73 Å². The number of benzene rings is 3. The summed E-state index contributed by atoms with van der Waals surface area (Å²) in [4.78, 5) is 29.2. The summed E-state index contributed by atoms with van der Waals surface area (Å²) in [5, 5.41) is 3.26. The van der Waals surface area contributed by atoms with Crippen molar-refractivity contribution in [1.29, 1.82) is 0 Å². The molecule has 1 aliphatic heterocycles. The number of likely N-dealkylation sites (tertiary alicyclic amines) is 1. The number of hydrogen-bond donors (Lipinski definition) is 2. The zero-order valence-corrected chi connectivity index (χ0v) is 19.5. The molecule has 3 aromatic carbocycles. The van der Waals surface area contributed by atoms with E-state index < -0.39 is 6.04 Å². The molecule has 2 amide bonds. The molecule has 1 aliphatic carbocycles. The average Bonchev–Trinajstić information content (AvgIpc) is 3.49. The maximum absolute atomic E-state index is 13.9. The molecule has 34 heavy (non-hydrogen) atoms. The van der Waals surface area contributed by atoms with Crippen molar-refractivity contribution in [3.05, 3.63) is 107 Å². The Morgan fingerprint density at radius 3 is 2.50 bits per heavy atom. The van der Waals surface area contributed by atoms with E-state index in [9.17, 15) is 9.59 Å². The van der Waals surface area contributed by atoms with Crippen molar-refractivity contribution < 1.29 is 9.59 Å². The Morgan fingerprint density at radius 2 is 1.71 bits per heavy atom. The Balaban J connectivity index is 1.44. The molecule has 0 aromatic heterocycles. The molecule has 5 rings (SSSR count). The third-order valence-corrected chi connectivity index (χ3v) is 7.22. The Kier molecular flexibility index (Phi) is 6.20. The van der Waals surface area contributed by atoms with Crippen LogP contribution in [0.25, 0.3) is 0 Å². The van der Waals surface area contributed by atoms with Gasteiger partial charge in [0.05, 0.1) is 12.1 Å². The number of carbonyl (C=O) groups excluding carboxylic acids is 2. The molecule has 5 heteroatoms. The molecular formula is C29H31N3O2. The molecule has 0 spiro atoms. The minimum atomic E-state index is -0.510. The number of aryl methyl sites for hydroxylation is 1. The van der Waals surface area contributed by atoms with Gasteiger partial charge in [-0.25, -0.2) is 0 Å². The fraction of sp³-hybridized carbons (Fsp3) is 0.310. The van der Waals surface area contributed by atoms with Crippen LogP contribution in [0.2, 0.25) is 0 Å². The molecule has 1 heterocycles. The van der Waals surface area contributed by atoms with E-state index in [1.165, 1.54) is 11.1 Å². The Labute approximate surface area is 201 Å². The zero-order valence-electron chi connectivity index (χ0n) is 19.5. The molecule has 0 saturated carbocycles. The highest BCUT2D eigenvalue weighted by molar-refractivity contribution is 5.98. The third kappa shape index (κ3) is 4.24. The lowest BCUT2D eigenvalue weighted by Gasteiger charge is -2.31. The Morgan fingerprint density at radius 1 is 0.941 bits per heavy atom. The van der Waals surface area contributed by atoms with Gasteiger partial charge in [0.25, 0.3) is 5.91 Å². The van der Waals surface area contributed by atoms with Crippen LogP contribution >= 0.6 is 0 Å². The molecule has 4 unspecified atom stereocenters. The molecule has 0 radical (unpaired) electrons. The predicted molar refractivity (Wildman–Crippen MR) is 133 cm³/mol. The topological polar surface area (TPSA) is 75.4 Å². The third-order valence-electron chi connectivity index (χ3n) is 7.22. The number of carbonyl (C=O) groups is 2. The van der Waals surface area contributed by atoms with Crippen LogP contribution in [0.1, 0.15) is 76.9 Å². The minimum Gasteiger partial charge on any atom is -0.347 e. The predicted octanol–water partition coefficient (Wildman–Crippen LogP) is 4.86. The lowest BCUT2D eigenvalue weighted by atomic mass is 10.0. The standard InChI is InChI=1S/C29H31N3O2/c1-19(30)22-11-7-12-23(18-22)29(34)32-26(21-9-3-2-4-10-21)16-17-27(32)28(33)31-25-15-14-20-8-5-6-13-24(20)25/h2-13,18-19,25-27H,14-17,30H2,1H3,(H,31,33). The molecule has 1 saturated heterocycles. The molecule has 3 N–H and O–H groups in total. The van der Waals surface area contributed by atoms with E-state index in [1.54, 1.807) is 4.90 Å². The van der Waals surface area contributed by atoms with Gasteiger partial charge >= 0.3 is 0 Å². The van der Waals surface area contributed by atoms with E-state index >= 15 is 0 Å². The smallest absolute Gasteiger partial charge is 0.255 e. The van der Waals surface area contributed by atoms with Gasteiger partial charge in [-0.05, 0) is 67.0 Å². The zero-order chi connectivity index (χ0) is 23.7. The number of hydrogen-bond acceptors (Lipinski definition) is 3. The van der Waals surface area contributed by atoms with Crippen molar-refractivity contribution in [3.63, 3.8) is 0 Å². The number of nitrogens with zero attached hydrogens (tertiary/aromatic N) is 1. The van der Waals surface area contributed by atoms with Crippen LogP contribution in [0.3, 0.4) is 0 Å². The maximum atomic E-state index is 13.9. The molecule has 2 aliphatic rings. The summed E-state index contributed by atoms with van der Waals surface area (Å²) < 4.78 is 0. The first kappa shape index (κ1) is 22.4. The largest absolute Gasteiger partial charge is 0.347 e. The highest BCUT2D eigenvalue weighted by Crippen LogP contribution is 2.38. The van der Waals surface area contributed by atoms with Crippen molar-refractivity contribution in [1.82, 2.24) is 10.2 Å². The van der Waals surface area contributed by atoms with Crippen LogP contribution in [0.5, 0.6) is 0 Å². The van der Waals surface area contributed by atoms with Crippen molar-refractivity contribution >= 4 is 11.8 Å². The van der Waals surface area contributed by atoms with Crippen molar-refractivity contribution in [3.8, 4) is 0 Å². The Bertz CT molecular complexity index is 1190. The molecule has 5 nitrogen and oxygen atoms in total. The van der Waals surface area contributed by atoms with Crippen molar-refractivity contribution in [2.45, 2.75) is 56.8 Å². The van der Waals surface area contributed by atoms with Gasteiger partial charge in [0.1, 0.15) is 6.04 Å². The van der Waals surface area contributed by atoms with Gasteiger partial charge in [-0.2, -0.15) is 0 Å². The second-order valence-electron chi connectivity index (χ2n) is 9.44. The fourth-order valence-corrected chi connectivity index (χ4v) is 5.43. The van der Waals surface area contributed by atoms with Crippen molar-refractivity contribution in [2.75, 3.05) is 0 Å². The fourth-order valence-electron chi connectivity index (χ4n) is 5.43. The highest BCUT2D eigenvalue weighted by Gasteiger charge is 2.42. The maximum Gasteiger partial charge on any atom is 0.255 e. The average molecular weight is 454 g/mol. The van der Waals surface area contributed by atoms with E-state index in [4.69, 9.17) is 5.73 Å². The lowest BCUT2D eigenvalue weighted by Crippen LogP contribution is -2.47. The normalized spacial score (nSPS) is 22.3. The number of amides is 2. The monoisotopic (exact) mass is 453 g/mol. The van der Waals surface area contributed by atoms with E-state index in [0.717, 1.165) is 30.4 Å². The van der Waals surface area contributed by atoms with Crippen LogP contribution in [0.15, 0.2) is 78.9 Å². The second kappa shape index (κ2) is 9.43. The second-order valence-corrected chi connectivity index (χ2v) is 9.44. The summed E-state index contributed by atoms with van der Waals surface area (Å²) in [6, 6.07) is 25.0. The molecule has 0 bridgehead atoms. The minimum absolute atomic E-state index is 0.00200. The number of rotatable bonds is 5. The summed E-state index contributed by atoms with van der Waals surface area (Å²) in [5.41, 5.74) is 11.1. The first-order valence-electron chi connectivity index (χ1n) is 12.1. The van der Waals surface area contributed by atoms with Gasteiger partial charge in [-0.15, -0.1) is 0 Å². The molecular weight excluding hydrogens is 422 g/mol. The number of nitrogens with two attached hydrogens (primary N) is 1. The van der Waals surface area contributed by atoms with Gasteiger partial charge in [0.2, 0.25) is 5.91 Å². The van der Waals surface area contributed by atoms with Crippen LogP contribution in [-0.2, 0) is 11.2 Å². The highest BCUT2D eigenvalue weighted by atomic mass is 16.2. The van der Waals surface area contributed by atoms with Crippen LogP contribution in [0.4, 0.5) is 0 Å². The van der Waals surface area contributed by atoms with Crippen LogP contribution in [0, 0.1) is 0 Å². The summed E-state index contributed by atoms with van der Waals surface area (Å²) >= 11 is 0. The van der Waals surface area contributed by atoms with E-state index in [2.05, 4.69) is 17.4 Å². The van der Waals surface area contributed by atoms with Crippen LogP contribution in [-0.4, -0.2) is 22.8 Å². The lowest BCUT2D eigenvalue weighted by molar-refractivity contribution is -0.126. The SMILES string of the molecule is CC(N)c1cccc(C(=O)N2C(C(=O)NC3CCc4ccccc43)CCC2c2ccccc2)c1. The quantitative estimate of drug-likeness (QED) is 0.580. The summed E-state index contributed by atoms with van der Waals surface area (Å²) in [7, 11) is 0. The molecule has 1 fully saturated rings. The van der Waals surface area contributed by atoms with E-state index in [0.29, 0.717) is 12.0 Å². The summed E-state index contributed by atoms with van der Waals surface area (Å²) in [6.07, 6.45) is 3.25. The van der Waals surface area contributed by atoms with Gasteiger partial charge in [0.15, 0.2) is 0 Å². The number of nitrogens with one attached hydrogen (secondary N) is 1. The Hall–Kier alpha value is -3.44. The van der Waals surface area contributed by atoms with Gasteiger partial charge in [-0.3, -0.25) is 9.59 Å². The molecule has 174 valence electrons. The number of fused-ring (bicyclic) bond motifs is 1.